The van der Waals surface area contributed by atoms with Crippen molar-refractivity contribution >= 4 is 0 Å². The van der Waals surface area contributed by atoms with Crippen LogP contribution in [-0.2, 0) is 0 Å². The average Bonchev–Trinajstić information content (AvgIpc) is 2.43. The van der Waals surface area contributed by atoms with E-state index in [0.717, 1.165) is 17.9 Å². The van der Waals surface area contributed by atoms with Crippen LogP contribution >= 0.6 is 0 Å². The molecule has 2 aliphatic rings. The molecule has 58 valence electrons. The number of hydrogen-bond donors (Lipinski definition) is 1. The van der Waals surface area contributed by atoms with E-state index < -0.39 is 0 Å². The normalized spacial score (nSPS) is 39.3. The standard InChI is InChI=1S/C9H17N/c1-7-5-9(7)10-6-8-3-2-4-8/h7-10H,2-6H2,1H3. The van der Waals surface area contributed by atoms with Crippen LogP contribution in [0.3, 0.4) is 0 Å². The third kappa shape index (κ3) is 1.34. The molecule has 0 aromatic rings. The largest absolute Gasteiger partial charge is 0.313 e. The summed E-state index contributed by atoms with van der Waals surface area (Å²) < 4.78 is 0. The smallest absolute Gasteiger partial charge is 0.00965 e. The fourth-order valence-electron chi connectivity index (χ4n) is 1.62. The molecule has 0 radical (unpaired) electrons. The summed E-state index contributed by atoms with van der Waals surface area (Å²) in [6, 6.07) is 0.889. The van der Waals surface area contributed by atoms with Crippen LogP contribution in [0.25, 0.3) is 0 Å². The van der Waals surface area contributed by atoms with Crippen LogP contribution < -0.4 is 5.32 Å². The van der Waals surface area contributed by atoms with E-state index in [-0.39, 0.29) is 0 Å². The lowest BCUT2D eigenvalue weighted by Crippen LogP contribution is -2.29. The van der Waals surface area contributed by atoms with Gasteiger partial charge in [0.1, 0.15) is 0 Å². The van der Waals surface area contributed by atoms with Crippen LogP contribution in [0.1, 0.15) is 32.6 Å². The van der Waals surface area contributed by atoms with Crippen molar-refractivity contribution in [2.75, 3.05) is 6.54 Å². The topological polar surface area (TPSA) is 12.0 Å². The van der Waals surface area contributed by atoms with Crippen molar-refractivity contribution in [2.45, 2.75) is 38.6 Å². The Kier molecular flexibility index (Phi) is 1.69. The first-order valence-electron chi connectivity index (χ1n) is 4.59. The minimum absolute atomic E-state index is 0.889. The summed E-state index contributed by atoms with van der Waals surface area (Å²) >= 11 is 0. The molecule has 2 saturated carbocycles. The molecule has 2 atom stereocenters. The van der Waals surface area contributed by atoms with Crippen molar-refractivity contribution in [1.29, 1.82) is 0 Å². The molecule has 2 rings (SSSR count). The molecule has 1 N–H and O–H groups in total. The Morgan fingerprint density at radius 1 is 1.40 bits per heavy atom. The third-order valence-corrected chi connectivity index (χ3v) is 3.00. The van der Waals surface area contributed by atoms with E-state index in [9.17, 15) is 0 Å². The lowest BCUT2D eigenvalue weighted by molar-refractivity contribution is 0.299. The first kappa shape index (κ1) is 6.66. The van der Waals surface area contributed by atoms with Crippen molar-refractivity contribution in [2.24, 2.45) is 11.8 Å². The molecule has 10 heavy (non-hydrogen) atoms. The molecule has 0 heterocycles. The molecule has 2 fully saturated rings. The maximum Gasteiger partial charge on any atom is 0.00965 e. The number of hydrogen-bond acceptors (Lipinski definition) is 1. The molecule has 0 spiro atoms. The molecule has 0 aliphatic heterocycles. The van der Waals surface area contributed by atoms with E-state index in [0.29, 0.717) is 0 Å². The first-order chi connectivity index (χ1) is 4.86. The van der Waals surface area contributed by atoms with Gasteiger partial charge < -0.3 is 5.32 Å². The molecule has 0 aromatic carbocycles. The Labute approximate surface area is 63.2 Å². The maximum atomic E-state index is 3.61. The van der Waals surface area contributed by atoms with Gasteiger partial charge in [0.05, 0.1) is 0 Å². The molecular formula is C9H17N. The molecule has 2 unspecified atom stereocenters. The van der Waals surface area contributed by atoms with Gasteiger partial charge in [-0.25, -0.2) is 0 Å². The van der Waals surface area contributed by atoms with E-state index in [4.69, 9.17) is 0 Å². The molecule has 1 heteroatoms. The number of nitrogens with one attached hydrogen (secondary N) is 1. The minimum atomic E-state index is 0.889. The highest BCUT2D eigenvalue weighted by atomic mass is 15.0. The van der Waals surface area contributed by atoms with Crippen LogP contribution in [0.15, 0.2) is 0 Å². The number of rotatable bonds is 3. The summed E-state index contributed by atoms with van der Waals surface area (Å²) in [4.78, 5) is 0. The van der Waals surface area contributed by atoms with Crippen LogP contribution in [0, 0.1) is 11.8 Å². The summed E-state index contributed by atoms with van der Waals surface area (Å²) in [6.45, 7) is 3.63. The van der Waals surface area contributed by atoms with Gasteiger partial charge >= 0.3 is 0 Å². The summed E-state index contributed by atoms with van der Waals surface area (Å²) in [5, 5.41) is 3.61. The molecule has 0 amide bonds. The van der Waals surface area contributed by atoms with Crippen molar-refractivity contribution in [3.8, 4) is 0 Å². The van der Waals surface area contributed by atoms with Crippen molar-refractivity contribution in [3.05, 3.63) is 0 Å². The Balaban J connectivity index is 1.55. The monoisotopic (exact) mass is 139 g/mol. The Morgan fingerprint density at radius 3 is 2.50 bits per heavy atom. The predicted molar refractivity (Wildman–Crippen MR) is 42.9 cm³/mol. The van der Waals surface area contributed by atoms with Gasteiger partial charge in [0.25, 0.3) is 0 Å². The van der Waals surface area contributed by atoms with E-state index in [2.05, 4.69) is 12.2 Å². The van der Waals surface area contributed by atoms with Gasteiger partial charge in [0.2, 0.25) is 0 Å². The minimum Gasteiger partial charge on any atom is -0.313 e. The molecule has 0 aromatic heterocycles. The summed E-state index contributed by atoms with van der Waals surface area (Å²) in [5.74, 6) is 2.01. The van der Waals surface area contributed by atoms with Crippen LogP contribution in [-0.4, -0.2) is 12.6 Å². The molecule has 0 saturated heterocycles. The Hall–Kier alpha value is -0.0400. The summed E-state index contributed by atoms with van der Waals surface area (Å²) in [5.41, 5.74) is 0. The highest BCUT2D eigenvalue weighted by molar-refractivity contribution is 4.90. The van der Waals surface area contributed by atoms with Crippen LogP contribution in [0.2, 0.25) is 0 Å². The Bertz CT molecular complexity index is 113. The molecule has 0 bridgehead atoms. The van der Waals surface area contributed by atoms with Crippen molar-refractivity contribution < 1.29 is 0 Å². The van der Waals surface area contributed by atoms with Crippen LogP contribution in [0.5, 0.6) is 0 Å². The summed E-state index contributed by atoms with van der Waals surface area (Å²) in [7, 11) is 0. The van der Waals surface area contributed by atoms with E-state index >= 15 is 0 Å². The van der Waals surface area contributed by atoms with Gasteiger partial charge in [-0.3, -0.25) is 0 Å². The van der Waals surface area contributed by atoms with Crippen LogP contribution in [0.4, 0.5) is 0 Å². The molecule has 1 nitrogen and oxygen atoms in total. The molecule has 2 aliphatic carbocycles. The SMILES string of the molecule is CC1CC1NCC1CCC1. The van der Waals surface area contributed by atoms with Gasteiger partial charge in [-0.1, -0.05) is 13.3 Å². The zero-order chi connectivity index (χ0) is 6.97. The average molecular weight is 139 g/mol. The highest BCUT2D eigenvalue weighted by Gasteiger charge is 2.32. The Morgan fingerprint density at radius 2 is 2.10 bits per heavy atom. The zero-order valence-corrected chi connectivity index (χ0v) is 6.77. The highest BCUT2D eigenvalue weighted by Crippen LogP contribution is 2.31. The van der Waals surface area contributed by atoms with E-state index in [1.165, 1.54) is 32.2 Å². The van der Waals surface area contributed by atoms with Gasteiger partial charge in [-0.15, -0.1) is 0 Å². The van der Waals surface area contributed by atoms with Crippen molar-refractivity contribution in [1.82, 2.24) is 5.32 Å². The fourth-order valence-corrected chi connectivity index (χ4v) is 1.62. The maximum absolute atomic E-state index is 3.61. The van der Waals surface area contributed by atoms with E-state index in [1.54, 1.807) is 0 Å². The fraction of sp³-hybridized carbons (Fsp3) is 1.00. The predicted octanol–water partition coefficient (Wildman–Crippen LogP) is 1.78. The van der Waals surface area contributed by atoms with E-state index in [1.807, 2.05) is 0 Å². The second-order valence-corrected chi connectivity index (χ2v) is 4.02. The van der Waals surface area contributed by atoms with Gasteiger partial charge in [0, 0.05) is 6.04 Å². The summed E-state index contributed by atoms with van der Waals surface area (Å²) in [6.07, 6.45) is 5.86. The first-order valence-corrected chi connectivity index (χ1v) is 4.59. The third-order valence-electron chi connectivity index (χ3n) is 3.00. The lowest BCUT2D eigenvalue weighted by Gasteiger charge is -2.25. The zero-order valence-electron chi connectivity index (χ0n) is 6.77. The van der Waals surface area contributed by atoms with Crippen molar-refractivity contribution in [3.63, 3.8) is 0 Å². The second-order valence-electron chi connectivity index (χ2n) is 4.02. The second kappa shape index (κ2) is 2.54. The van der Waals surface area contributed by atoms with Gasteiger partial charge in [0.15, 0.2) is 0 Å². The van der Waals surface area contributed by atoms with Gasteiger partial charge in [-0.2, -0.15) is 0 Å². The molecular weight excluding hydrogens is 122 g/mol. The quantitative estimate of drug-likeness (QED) is 0.628. The lowest BCUT2D eigenvalue weighted by atomic mass is 9.85. The van der Waals surface area contributed by atoms with Gasteiger partial charge in [-0.05, 0) is 37.6 Å².